The number of aromatic amines is 1. The van der Waals surface area contributed by atoms with Crippen LogP contribution in [-0.2, 0) is 45.3 Å². The topological polar surface area (TPSA) is 197 Å². The minimum absolute atomic E-state index is 0.0651. The number of nitrogen functional groups attached to an aromatic ring is 1. The third-order valence-corrected chi connectivity index (χ3v) is 25.7. The van der Waals surface area contributed by atoms with E-state index in [0.717, 1.165) is 70.9 Å². The number of benzene rings is 8. The molecule has 0 unspecified atom stereocenters. The van der Waals surface area contributed by atoms with Gasteiger partial charge in [0.05, 0.1) is 41.9 Å². The van der Waals surface area contributed by atoms with Crippen molar-refractivity contribution in [1.82, 2.24) is 48.7 Å². The summed E-state index contributed by atoms with van der Waals surface area (Å²) in [4.78, 5) is 37.2. The number of carbonyl (C=O) groups is 1. The van der Waals surface area contributed by atoms with Gasteiger partial charge in [0.15, 0.2) is 0 Å². The second-order valence-corrected chi connectivity index (χ2v) is 36.6. The number of H-pyrrole nitrogens is 1. The Bertz CT molecular complexity index is 5140. The average Bonchev–Trinajstić information content (AvgIpc) is 1.18. The molecule has 8 aromatic carbocycles. The van der Waals surface area contributed by atoms with E-state index in [1.807, 2.05) is 226 Å². The van der Waals surface area contributed by atoms with E-state index in [-0.39, 0.29) is 19.3 Å². The first-order valence-electron chi connectivity index (χ1n) is 40.4. The zero-order chi connectivity index (χ0) is 83.4. The molecule has 12 aromatic rings. The SMILES string of the molecule is CC(C)(C)OC(=O)n1cc(B2OC(C)(C)C(C)(C)O2)cn1.CC(C)c1cc(C(C)C)c(-c2cccc(P(C3CCCCC3)C3CCCCC3)c2)c(C(C)C)c1.Cc1nn(-c2ccc(-c3cn[nH]c3)cc2)c(=O)n1Cc1ccccc1.Cc1nn(-c2ccc(Br)cc2)c(=O)n1Cc1ccccc1.Nc1ccccc1-c1[c-]cccc1.[Cl][Pd+]. The van der Waals surface area contributed by atoms with Gasteiger partial charge in [-0.3, -0.25) is 14.2 Å². The van der Waals surface area contributed by atoms with Gasteiger partial charge in [-0.2, -0.15) is 34.4 Å². The average molecular weight is 1760 g/mol. The molecule has 2 aliphatic carbocycles. The zero-order valence-electron chi connectivity index (χ0n) is 69.8. The van der Waals surface area contributed by atoms with E-state index in [1.54, 1.807) is 49.7 Å². The molecule has 0 bridgehead atoms. The van der Waals surface area contributed by atoms with E-state index >= 15 is 0 Å². The first-order valence-corrected chi connectivity index (χ1v) is 44.7. The van der Waals surface area contributed by atoms with E-state index in [0.29, 0.717) is 48.0 Å². The van der Waals surface area contributed by atoms with Crippen molar-refractivity contribution in [3.05, 3.63) is 290 Å². The van der Waals surface area contributed by atoms with Crippen LogP contribution in [0.5, 0.6) is 0 Å². The van der Waals surface area contributed by atoms with Gasteiger partial charge < -0.3 is 19.8 Å². The van der Waals surface area contributed by atoms with Crippen LogP contribution in [0.3, 0.4) is 0 Å². The van der Waals surface area contributed by atoms with Crippen molar-refractivity contribution in [3.8, 4) is 44.8 Å². The number of nitrogens with zero attached hydrogens (tertiary/aromatic N) is 9. The number of aryl methyl sites for hydroxylation is 2. The Labute approximate surface area is 711 Å². The number of carbonyl (C=O) groups excluding carboxylic acids is 1. The molecule has 15 rings (SSSR count). The van der Waals surface area contributed by atoms with E-state index in [4.69, 9.17) is 19.8 Å². The standard InChI is InChI=1S/C33H49P.C19H17N5O.C16H14BrN3O.C14H23BN2O4.C12H10N.ClH.Pd/c1-23(2)27-21-31(24(3)4)33(32(22-27)25(5)6)26-14-13-19-30(20-26)34(28-15-9-7-10-16-28)29-17-11-8-12-18-29;1-14-22-24(19(25)23(14)13-15-5-3-2-4-6-15)18-9-7-16(8-10-18)17-11-20-21-12-17;1-12-18-20(15-9-7-14(17)8-10-15)16(21)19(12)11-13-5-3-2-4-6-13;1-12(2,3)19-11(18)17-9-10(8-16-17)15-20-13(4,5)14(6,7)21-15;13-12-9-5-4-8-11(12)10-6-2-1-3-7-10;;/h13-14,19-25,28-29H,7-12,15-18H2,1-6H3;2-12H,13H2,1H3,(H,20,21);2-10H,11H2,1H3;8-9H,1-7H3;1-6,8-9H,13H2;1H;/q;;;;-1;;+2/p-1. The number of aromatic nitrogens is 10. The molecule has 3 fully saturated rings. The number of hydrogen-bond donors (Lipinski definition) is 2. The van der Waals surface area contributed by atoms with E-state index in [2.05, 4.69) is 153 Å². The fourth-order valence-electron chi connectivity index (χ4n) is 14.7. The third kappa shape index (κ3) is 23.5. The molecule has 4 aromatic heterocycles. The van der Waals surface area contributed by atoms with Crippen LogP contribution in [0, 0.1) is 19.9 Å². The number of halogens is 2. The second kappa shape index (κ2) is 41.5. The Morgan fingerprint density at radius 3 is 1.59 bits per heavy atom. The fraction of sp³-hybridized carbons (Fsp3) is 0.372. The Hall–Kier alpha value is -8.82. The zero-order valence-corrected chi connectivity index (χ0v) is 74.6. The van der Waals surface area contributed by atoms with Crippen LogP contribution in [0.2, 0.25) is 0 Å². The number of nitrogens with one attached hydrogen (secondary N) is 1. The molecule has 22 heteroatoms. The summed E-state index contributed by atoms with van der Waals surface area (Å²) in [6.45, 7) is 32.3. The van der Waals surface area contributed by atoms with Crippen molar-refractivity contribution in [2.75, 3.05) is 5.73 Å². The summed E-state index contributed by atoms with van der Waals surface area (Å²) in [7, 11) is 3.89. The molecule has 1 saturated heterocycles. The van der Waals surface area contributed by atoms with Gasteiger partial charge >= 0.3 is 52.3 Å². The first kappa shape index (κ1) is 89.5. The van der Waals surface area contributed by atoms with Crippen LogP contribution in [0.15, 0.2) is 233 Å². The molecule has 0 amide bonds. The molecule has 3 aliphatic rings. The monoisotopic (exact) mass is 1750 g/mol. The van der Waals surface area contributed by atoms with Gasteiger partial charge in [0.25, 0.3) is 0 Å². The van der Waals surface area contributed by atoms with Crippen molar-refractivity contribution in [2.24, 2.45) is 0 Å². The molecular weight excluding hydrogens is 1640 g/mol. The maximum absolute atomic E-state index is 12.8. The molecular formula is C94H113BBrClN11O6PPd. The van der Waals surface area contributed by atoms with Crippen molar-refractivity contribution in [2.45, 2.75) is 227 Å². The normalized spacial score (nSPS) is 14.6. The van der Waals surface area contributed by atoms with Gasteiger partial charge in [0.1, 0.15) is 17.2 Å². The Kier molecular flexibility index (Phi) is 32.0. The molecule has 0 spiro atoms. The maximum atomic E-state index is 12.8. The van der Waals surface area contributed by atoms with Gasteiger partial charge in [-0.15, -0.1) is 35.9 Å². The summed E-state index contributed by atoms with van der Waals surface area (Å²) in [5.41, 5.74) is 23.0. The Morgan fingerprint density at radius 1 is 0.629 bits per heavy atom. The summed E-state index contributed by atoms with van der Waals surface area (Å²) in [5.74, 6) is 3.03. The molecule has 116 heavy (non-hydrogen) atoms. The van der Waals surface area contributed by atoms with Crippen molar-refractivity contribution < 1.29 is 37.0 Å². The van der Waals surface area contributed by atoms with Crippen LogP contribution in [-0.4, -0.2) is 90.0 Å². The van der Waals surface area contributed by atoms with Gasteiger partial charge in [0.2, 0.25) is 0 Å². The number of nitrogens with two attached hydrogens (primary N) is 1. The molecule has 5 heterocycles. The number of anilines is 1. The fourth-order valence-corrected chi connectivity index (χ4v) is 18.8. The van der Waals surface area contributed by atoms with Crippen LogP contribution >= 0.6 is 33.4 Å². The van der Waals surface area contributed by atoms with Gasteiger partial charge in [-0.1, -0.05) is 231 Å². The summed E-state index contributed by atoms with van der Waals surface area (Å²) in [6, 6.07) is 68.9. The predicted molar refractivity (Wildman–Crippen MR) is 476 cm³/mol. The van der Waals surface area contributed by atoms with Crippen LogP contribution in [0.1, 0.15) is 211 Å². The Balaban J connectivity index is 0.000000157. The summed E-state index contributed by atoms with van der Waals surface area (Å²) >= 11 is 5.61. The van der Waals surface area contributed by atoms with Crippen molar-refractivity contribution in [3.63, 3.8) is 0 Å². The van der Waals surface area contributed by atoms with E-state index < -0.39 is 30.0 Å². The summed E-state index contributed by atoms with van der Waals surface area (Å²) in [6.07, 6.45) is 20.9. The van der Waals surface area contributed by atoms with E-state index in [1.165, 1.54) is 84.7 Å². The molecule has 0 radical (unpaired) electrons. The van der Waals surface area contributed by atoms with Crippen molar-refractivity contribution in [1.29, 1.82) is 0 Å². The van der Waals surface area contributed by atoms with Gasteiger partial charge in [-0.05, 0) is 221 Å². The van der Waals surface area contributed by atoms with Crippen LogP contribution in [0.25, 0.3) is 44.8 Å². The number of para-hydroxylation sites is 1. The van der Waals surface area contributed by atoms with Crippen LogP contribution in [0.4, 0.5) is 10.5 Å². The molecule has 1 aliphatic heterocycles. The summed E-state index contributed by atoms with van der Waals surface area (Å²) in [5, 5.41) is 21.3. The number of hydrogen-bond acceptors (Lipinski definition) is 11. The molecule has 612 valence electrons. The van der Waals surface area contributed by atoms with E-state index in [9.17, 15) is 14.4 Å². The van der Waals surface area contributed by atoms with Crippen molar-refractivity contribution >= 4 is 63.0 Å². The Morgan fingerprint density at radius 2 is 1.13 bits per heavy atom. The third-order valence-electron chi connectivity index (χ3n) is 21.6. The first-order chi connectivity index (χ1) is 55.5. The van der Waals surface area contributed by atoms with Gasteiger partial charge in [-0.25, -0.2) is 14.4 Å². The molecule has 17 nitrogen and oxygen atoms in total. The minimum atomic E-state index is -0.562. The molecule has 2 saturated carbocycles. The molecule has 0 atom stereocenters. The summed E-state index contributed by atoms with van der Waals surface area (Å²) < 4.78 is 25.5. The quantitative estimate of drug-likeness (QED) is 0.0404. The predicted octanol–water partition coefficient (Wildman–Crippen LogP) is 21.8. The second-order valence-electron chi connectivity index (χ2n) is 32.9. The van der Waals surface area contributed by atoms with Gasteiger partial charge in [0, 0.05) is 34.1 Å². The number of ether oxygens (including phenoxy) is 1. The number of rotatable bonds is 16. The molecule has 3 N–H and O–H groups in total. The van der Waals surface area contributed by atoms with Crippen LogP contribution < -0.4 is 27.9 Å².